The molecular formula is C19H20N2O3. The molecule has 2 aliphatic rings. The van der Waals surface area contributed by atoms with E-state index in [-0.39, 0.29) is 12.7 Å². The molecule has 2 aromatic carbocycles. The predicted octanol–water partition coefficient (Wildman–Crippen LogP) is 3.20. The lowest BCUT2D eigenvalue weighted by molar-refractivity contribution is -0.118. The van der Waals surface area contributed by atoms with Gasteiger partial charge in [-0.1, -0.05) is 18.2 Å². The van der Waals surface area contributed by atoms with Crippen LogP contribution in [0.3, 0.4) is 0 Å². The van der Waals surface area contributed by atoms with E-state index in [0.717, 1.165) is 42.3 Å². The van der Waals surface area contributed by atoms with Crippen molar-refractivity contribution in [3.63, 3.8) is 0 Å². The Labute approximate surface area is 141 Å². The van der Waals surface area contributed by atoms with Gasteiger partial charge in [-0.3, -0.25) is 4.79 Å². The Balaban J connectivity index is 1.36. The molecule has 0 atom stereocenters. The van der Waals surface area contributed by atoms with Crippen LogP contribution >= 0.6 is 0 Å². The highest BCUT2D eigenvalue weighted by Crippen LogP contribution is 2.34. The number of fused-ring (bicyclic) bond motifs is 2. The van der Waals surface area contributed by atoms with E-state index in [4.69, 9.17) is 9.47 Å². The van der Waals surface area contributed by atoms with Gasteiger partial charge in [0.05, 0.1) is 0 Å². The van der Waals surface area contributed by atoms with Crippen LogP contribution in [-0.2, 0) is 11.2 Å². The quantitative estimate of drug-likeness (QED) is 0.938. The zero-order valence-corrected chi connectivity index (χ0v) is 13.5. The number of hydrogen-bond donors (Lipinski definition) is 1. The molecule has 0 fully saturated rings. The summed E-state index contributed by atoms with van der Waals surface area (Å²) in [5.74, 6) is 1.67. The molecule has 5 nitrogen and oxygen atoms in total. The first kappa shape index (κ1) is 14.9. The number of rotatable bonds is 4. The molecule has 0 saturated heterocycles. The molecular weight excluding hydrogens is 304 g/mol. The Bertz CT molecular complexity index is 760. The summed E-state index contributed by atoms with van der Waals surface area (Å²) in [6, 6.07) is 13.9. The molecule has 0 saturated carbocycles. The van der Waals surface area contributed by atoms with Gasteiger partial charge in [-0.05, 0) is 36.6 Å². The van der Waals surface area contributed by atoms with Crippen molar-refractivity contribution in [1.29, 1.82) is 0 Å². The number of nitrogens with one attached hydrogen (secondary N) is 1. The topological polar surface area (TPSA) is 50.8 Å². The minimum Gasteiger partial charge on any atom is -0.454 e. The first-order chi connectivity index (χ1) is 11.8. The van der Waals surface area contributed by atoms with Crippen molar-refractivity contribution in [2.24, 2.45) is 0 Å². The first-order valence-corrected chi connectivity index (χ1v) is 8.33. The number of hydrogen-bond acceptors (Lipinski definition) is 4. The predicted molar refractivity (Wildman–Crippen MR) is 92.8 cm³/mol. The van der Waals surface area contributed by atoms with Gasteiger partial charge < -0.3 is 19.7 Å². The Morgan fingerprint density at radius 1 is 1.12 bits per heavy atom. The van der Waals surface area contributed by atoms with Gasteiger partial charge in [0.15, 0.2) is 11.5 Å². The molecule has 1 N–H and O–H groups in total. The van der Waals surface area contributed by atoms with E-state index in [9.17, 15) is 4.79 Å². The summed E-state index contributed by atoms with van der Waals surface area (Å²) in [6.07, 6.45) is 2.54. The second kappa shape index (κ2) is 6.43. The number of amides is 1. The van der Waals surface area contributed by atoms with Crippen LogP contribution in [0.4, 0.5) is 11.4 Å². The van der Waals surface area contributed by atoms with Crippen LogP contribution in [0, 0.1) is 0 Å². The first-order valence-electron chi connectivity index (χ1n) is 8.33. The Hall–Kier alpha value is -2.69. The SMILES string of the molecule is O=C(CCNc1ccc2c(c1)OCO2)N1CCCc2ccccc21. The number of nitrogens with zero attached hydrogens (tertiary/aromatic N) is 1. The molecule has 4 rings (SSSR count). The van der Waals surface area contributed by atoms with Gasteiger partial charge in [0.2, 0.25) is 12.7 Å². The summed E-state index contributed by atoms with van der Waals surface area (Å²) in [4.78, 5) is 14.5. The Morgan fingerprint density at radius 3 is 2.96 bits per heavy atom. The number of ether oxygens (including phenoxy) is 2. The number of para-hydroxylation sites is 1. The zero-order valence-electron chi connectivity index (χ0n) is 13.5. The van der Waals surface area contributed by atoms with Gasteiger partial charge in [-0.25, -0.2) is 0 Å². The van der Waals surface area contributed by atoms with E-state index in [1.54, 1.807) is 0 Å². The molecule has 0 unspecified atom stereocenters. The Morgan fingerprint density at radius 2 is 2.00 bits per heavy atom. The third-order valence-corrected chi connectivity index (χ3v) is 4.45. The maximum Gasteiger partial charge on any atom is 0.231 e. The summed E-state index contributed by atoms with van der Waals surface area (Å²) >= 11 is 0. The number of carbonyl (C=O) groups excluding carboxylic acids is 1. The second-order valence-corrected chi connectivity index (χ2v) is 6.02. The number of anilines is 2. The number of carbonyl (C=O) groups is 1. The fourth-order valence-corrected chi connectivity index (χ4v) is 3.25. The summed E-state index contributed by atoms with van der Waals surface area (Å²) in [7, 11) is 0. The summed E-state index contributed by atoms with van der Waals surface area (Å²) in [6.45, 7) is 1.67. The minimum atomic E-state index is 0.162. The largest absolute Gasteiger partial charge is 0.454 e. The maximum absolute atomic E-state index is 12.6. The number of benzene rings is 2. The smallest absolute Gasteiger partial charge is 0.231 e. The van der Waals surface area contributed by atoms with Crippen LogP contribution in [-0.4, -0.2) is 25.8 Å². The molecule has 2 aromatic rings. The van der Waals surface area contributed by atoms with Gasteiger partial charge in [0.25, 0.3) is 0 Å². The van der Waals surface area contributed by atoms with Crippen LogP contribution in [0.5, 0.6) is 11.5 Å². The molecule has 1 amide bonds. The van der Waals surface area contributed by atoms with Crippen LogP contribution in [0.25, 0.3) is 0 Å². The van der Waals surface area contributed by atoms with Gasteiger partial charge in [-0.2, -0.15) is 0 Å². The second-order valence-electron chi connectivity index (χ2n) is 6.02. The van der Waals surface area contributed by atoms with E-state index >= 15 is 0 Å². The molecule has 2 aliphatic heterocycles. The monoisotopic (exact) mass is 324 g/mol. The average molecular weight is 324 g/mol. The lowest BCUT2D eigenvalue weighted by Crippen LogP contribution is -2.36. The molecule has 124 valence electrons. The van der Waals surface area contributed by atoms with Crippen molar-refractivity contribution in [1.82, 2.24) is 0 Å². The van der Waals surface area contributed by atoms with Crippen LogP contribution in [0.15, 0.2) is 42.5 Å². The van der Waals surface area contributed by atoms with Gasteiger partial charge >= 0.3 is 0 Å². The van der Waals surface area contributed by atoms with Crippen LogP contribution < -0.4 is 19.7 Å². The van der Waals surface area contributed by atoms with E-state index in [1.807, 2.05) is 41.3 Å². The fourth-order valence-electron chi connectivity index (χ4n) is 3.25. The molecule has 0 aliphatic carbocycles. The molecule has 24 heavy (non-hydrogen) atoms. The van der Waals surface area contributed by atoms with Crippen molar-refractivity contribution in [2.45, 2.75) is 19.3 Å². The molecule has 5 heteroatoms. The third kappa shape index (κ3) is 2.89. The fraction of sp³-hybridized carbons (Fsp3) is 0.316. The molecule has 0 aromatic heterocycles. The van der Waals surface area contributed by atoms with Crippen molar-refractivity contribution < 1.29 is 14.3 Å². The van der Waals surface area contributed by atoms with Crippen molar-refractivity contribution in [3.05, 3.63) is 48.0 Å². The highest BCUT2D eigenvalue weighted by molar-refractivity contribution is 5.94. The van der Waals surface area contributed by atoms with Gasteiger partial charge in [0.1, 0.15) is 0 Å². The normalized spacial score (nSPS) is 15.1. The van der Waals surface area contributed by atoms with Gasteiger partial charge in [0, 0.05) is 37.0 Å². The maximum atomic E-state index is 12.6. The molecule has 2 heterocycles. The van der Waals surface area contributed by atoms with E-state index in [1.165, 1.54) is 5.56 Å². The van der Waals surface area contributed by atoms with Gasteiger partial charge in [-0.15, -0.1) is 0 Å². The summed E-state index contributed by atoms with van der Waals surface area (Å²) in [5.41, 5.74) is 3.27. The van der Waals surface area contributed by atoms with Crippen molar-refractivity contribution >= 4 is 17.3 Å². The Kier molecular flexibility index (Phi) is 3.99. The van der Waals surface area contributed by atoms with E-state index in [0.29, 0.717) is 13.0 Å². The summed E-state index contributed by atoms with van der Waals surface area (Å²) < 4.78 is 10.7. The molecule has 0 bridgehead atoms. The molecule has 0 radical (unpaired) electrons. The third-order valence-electron chi connectivity index (χ3n) is 4.45. The van der Waals surface area contributed by atoms with Crippen molar-refractivity contribution in [3.8, 4) is 11.5 Å². The highest BCUT2D eigenvalue weighted by atomic mass is 16.7. The zero-order chi connectivity index (χ0) is 16.4. The van der Waals surface area contributed by atoms with Crippen LogP contribution in [0.2, 0.25) is 0 Å². The molecule has 0 spiro atoms. The summed E-state index contributed by atoms with van der Waals surface area (Å²) in [5, 5.41) is 3.29. The number of aryl methyl sites for hydroxylation is 1. The standard InChI is InChI=1S/C19H20N2O3/c22-19(21-11-3-5-14-4-1-2-6-16(14)21)9-10-20-15-7-8-17-18(12-15)24-13-23-17/h1-2,4,6-8,12,20H,3,5,9-11,13H2. The van der Waals surface area contributed by atoms with Crippen LogP contribution in [0.1, 0.15) is 18.4 Å². The van der Waals surface area contributed by atoms with E-state index < -0.39 is 0 Å². The highest BCUT2D eigenvalue weighted by Gasteiger charge is 2.21. The minimum absolute atomic E-state index is 0.162. The van der Waals surface area contributed by atoms with E-state index in [2.05, 4.69) is 11.4 Å². The average Bonchev–Trinajstić information content (AvgIpc) is 3.09. The van der Waals surface area contributed by atoms with Crippen molar-refractivity contribution in [2.75, 3.05) is 30.1 Å². The lowest BCUT2D eigenvalue weighted by atomic mass is 10.0. The lowest BCUT2D eigenvalue weighted by Gasteiger charge is -2.29.